The Hall–Kier alpha value is -0.710. The molecule has 0 saturated carbocycles. The number of aldehydes is 1. The van der Waals surface area contributed by atoms with Gasteiger partial charge in [0.25, 0.3) is 6.43 Å². The number of carbonyl (C=O) groups is 1. The van der Waals surface area contributed by atoms with Crippen molar-refractivity contribution < 1.29 is 13.6 Å². The fraction of sp³-hybridized carbons (Fsp3) is 0.375. The average molecular weight is 254 g/mol. The van der Waals surface area contributed by atoms with Crippen LogP contribution in [0.2, 0.25) is 0 Å². The lowest BCUT2D eigenvalue weighted by atomic mass is 10.2. The smallest absolute Gasteiger partial charge is 0.265 e. The highest BCUT2D eigenvalue weighted by Gasteiger charge is 2.13. The van der Waals surface area contributed by atoms with E-state index in [0.29, 0.717) is 6.29 Å². The van der Waals surface area contributed by atoms with Gasteiger partial charge in [-0.05, 0) is 22.0 Å². The molecule has 0 saturated heterocycles. The summed E-state index contributed by atoms with van der Waals surface area (Å²) >= 11 is 2.96. The molecule has 0 unspecified atom stereocenters. The molecule has 0 heterocycles. The van der Waals surface area contributed by atoms with Crippen molar-refractivity contribution >= 4 is 22.2 Å². The lowest BCUT2D eigenvalue weighted by Gasteiger charge is -2.08. The van der Waals surface area contributed by atoms with Crippen molar-refractivity contribution in [3.63, 3.8) is 0 Å². The number of allylic oxidation sites excluding steroid dienone is 3. The van der Waals surface area contributed by atoms with Crippen LogP contribution >= 0.6 is 15.9 Å². The Morgan fingerprint density at radius 1 is 1.46 bits per heavy atom. The predicted molar refractivity (Wildman–Crippen MR) is 50.8 cm³/mol. The van der Waals surface area contributed by atoms with Gasteiger partial charge in [0.1, 0.15) is 6.29 Å². The summed E-state index contributed by atoms with van der Waals surface area (Å²) in [6, 6.07) is 0. The van der Waals surface area contributed by atoms with Crippen molar-refractivity contribution in [1.29, 1.82) is 0 Å². The van der Waals surface area contributed by atoms with Crippen LogP contribution in [0.25, 0.3) is 0 Å². The van der Waals surface area contributed by atoms with Crippen LogP contribution in [-0.4, -0.2) is 31.7 Å². The average Bonchev–Trinajstić information content (AvgIpc) is 1.97. The molecule has 0 amide bonds. The van der Waals surface area contributed by atoms with Crippen LogP contribution in [0, 0.1) is 0 Å². The van der Waals surface area contributed by atoms with Gasteiger partial charge in [-0.25, -0.2) is 8.78 Å². The Kier molecular flexibility index (Phi) is 5.53. The molecule has 74 valence electrons. The van der Waals surface area contributed by atoms with Crippen molar-refractivity contribution in [2.75, 3.05) is 14.1 Å². The maximum atomic E-state index is 12.3. The molecule has 0 bridgehead atoms. The van der Waals surface area contributed by atoms with Crippen molar-refractivity contribution in [3.8, 4) is 0 Å². The Balaban J connectivity index is 4.76. The van der Waals surface area contributed by atoms with Crippen molar-refractivity contribution in [1.82, 2.24) is 4.90 Å². The molecule has 2 nitrogen and oxygen atoms in total. The minimum absolute atomic E-state index is 0.208. The predicted octanol–water partition coefficient (Wildman–Crippen LogP) is 2.17. The first-order valence-corrected chi connectivity index (χ1v) is 4.26. The van der Waals surface area contributed by atoms with Gasteiger partial charge >= 0.3 is 0 Å². The van der Waals surface area contributed by atoms with Crippen LogP contribution in [0.5, 0.6) is 0 Å². The van der Waals surface area contributed by atoms with Gasteiger partial charge < -0.3 is 4.90 Å². The van der Waals surface area contributed by atoms with Gasteiger partial charge in [-0.1, -0.05) is 0 Å². The maximum Gasteiger partial charge on any atom is 0.265 e. The topological polar surface area (TPSA) is 20.3 Å². The van der Waals surface area contributed by atoms with E-state index in [-0.39, 0.29) is 10.1 Å². The number of hydrogen-bond donors (Lipinski definition) is 0. The third-order valence-electron chi connectivity index (χ3n) is 1.13. The minimum Gasteiger partial charge on any atom is -0.383 e. The molecule has 5 heteroatoms. The summed E-state index contributed by atoms with van der Waals surface area (Å²) in [5, 5.41) is 0. The SMILES string of the molecule is CN(C)/C=C(Br)\C(=C/C=O)C(F)F. The van der Waals surface area contributed by atoms with Crippen LogP contribution in [0.3, 0.4) is 0 Å². The Labute approximate surface area is 84.0 Å². The van der Waals surface area contributed by atoms with E-state index < -0.39 is 6.43 Å². The lowest BCUT2D eigenvalue weighted by molar-refractivity contribution is -0.104. The molecule has 0 atom stereocenters. The number of alkyl halides is 2. The second-order valence-corrected chi connectivity index (χ2v) is 3.35. The third kappa shape index (κ3) is 4.77. The van der Waals surface area contributed by atoms with Gasteiger partial charge in [-0.3, -0.25) is 4.79 Å². The van der Waals surface area contributed by atoms with E-state index in [1.54, 1.807) is 19.0 Å². The number of carbonyl (C=O) groups excluding carboxylic acids is 1. The largest absolute Gasteiger partial charge is 0.383 e. The maximum absolute atomic E-state index is 12.3. The first-order valence-electron chi connectivity index (χ1n) is 3.46. The summed E-state index contributed by atoms with van der Waals surface area (Å²) < 4.78 is 24.7. The van der Waals surface area contributed by atoms with Crippen LogP contribution in [0.1, 0.15) is 0 Å². The second kappa shape index (κ2) is 5.85. The first-order chi connectivity index (χ1) is 5.99. The fourth-order valence-electron chi connectivity index (χ4n) is 0.631. The second-order valence-electron chi connectivity index (χ2n) is 2.50. The quantitative estimate of drug-likeness (QED) is 0.435. The highest BCUT2D eigenvalue weighted by molar-refractivity contribution is 9.12. The molecule has 0 N–H and O–H groups in total. The summed E-state index contributed by atoms with van der Waals surface area (Å²) in [5.74, 6) is 0. The summed E-state index contributed by atoms with van der Waals surface area (Å²) in [6.07, 6.45) is -0.0153. The Bertz CT molecular complexity index is 236. The molecule has 0 spiro atoms. The first kappa shape index (κ1) is 12.3. The van der Waals surface area contributed by atoms with Crippen LogP contribution in [-0.2, 0) is 4.79 Å². The molecule has 0 aromatic heterocycles. The van der Waals surface area contributed by atoms with Crippen LogP contribution in [0.15, 0.2) is 22.3 Å². The molecule has 0 fully saturated rings. The third-order valence-corrected chi connectivity index (χ3v) is 1.79. The molecular formula is C8H10BrF2NO. The van der Waals surface area contributed by atoms with Crippen LogP contribution < -0.4 is 0 Å². The van der Waals surface area contributed by atoms with E-state index in [1.165, 1.54) is 6.20 Å². The van der Waals surface area contributed by atoms with Crippen molar-refractivity contribution in [2.24, 2.45) is 0 Å². The van der Waals surface area contributed by atoms with Crippen molar-refractivity contribution in [2.45, 2.75) is 6.43 Å². The molecule has 0 aliphatic carbocycles. The van der Waals surface area contributed by atoms with Gasteiger partial charge in [-0.2, -0.15) is 0 Å². The van der Waals surface area contributed by atoms with Gasteiger partial charge in [-0.15, -0.1) is 0 Å². The molecule has 0 radical (unpaired) electrons. The molecule has 0 aromatic rings. The molecule has 0 rings (SSSR count). The molecule has 0 aliphatic rings. The van der Waals surface area contributed by atoms with E-state index in [9.17, 15) is 13.6 Å². The fourth-order valence-corrected chi connectivity index (χ4v) is 1.35. The Morgan fingerprint density at radius 2 is 2.00 bits per heavy atom. The number of hydrogen-bond acceptors (Lipinski definition) is 2. The van der Waals surface area contributed by atoms with E-state index in [4.69, 9.17) is 0 Å². The van der Waals surface area contributed by atoms with E-state index >= 15 is 0 Å². The zero-order valence-electron chi connectivity index (χ0n) is 7.30. The van der Waals surface area contributed by atoms with Gasteiger partial charge in [0.15, 0.2) is 0 Å². The molecule has 0 aliphatic heterocycles. The summed E-state index contributed by atoms with van der Waals surface area (Å²) in [4.78, 5) is 11.6. The van der Waals surface area contributed by atoms with Gasteiger partial charge in [0.05, 0.1) is 0 Å². The van der Waals surface area contributed by atoms with E-state index in [2.05, 4.69) is 15.9 Å². The van der Waals surface area contributed by atoms with Crippen molar-refractivity contribution in [3.05, 3.63) is 22.3 Å². The molecule has 0 aromatic carbocycles. The number of rotatable bonds is 4. The molecular weight excluding hydrogens is 244 g/mol. The number of nitrogens with zero attached hydrogens (tertiary/aromatic N) is 1. The monoisotopic (exact) mass is 253 g/mol. The van der Waals surface area contributed by atoms with E-state index in [0.717, 1.165) is 6.08 Å². The highest BCUT2D eigenvalue weighted by Crippen LogP contribution is 2.23. The normalized spacial score (nSPS) is 13.4. The standard InChI is InChI=1S/C8H10BrF2NO/c1-12(2)5-7(9)6(3-4-13)8(10)11/h3-5,8H,1-2H3/b6-3+,7-5+. The van der Waals surface area contributed by atoms with Gasteiger partial charge in [0.2, 0.25) is 0 Å². The summed E-state index contributed by atoms with van der Waals surface area (Å²) in [7, 11) is 3.40. The minimum atomic E-state index is -2.66. The Morgan fingerprint density at radius 3 is 2.31 bits per heavy atom. The summed E-state index contributed by atoms with van der Waals surface area (Å²) in [6.45, 7) is 0. The molecule has 13 heavy (non-hydrogen) atoms. The van der Waals surface area contributed by atoms with Gasteiger partial charge in [0, 0.05) is 30.4 Å². The lowest BCUT2D eigenvalue weighted by Crippen LogP contribution is -2.05. The number of halogens is 3. The van der Waals surface area contributed by atoms with E-state index in [1.807, 2.05) is 0 Å². The van der Waals surface area contributed by atoms with Crippen LogP contribution in [0.4, 0.5) is 8.78 Å². The zero-order chi connectivity index (χ0) is 10.4. The highest BCUT2D eigenvalue weighted by atomic mass is 79.9. The zero-order valence-corrected chi connectivity index (χ0v) is 8.88. The summed E-state index contributed by atoms with van der Waals surface area (Å²) in [5.41, 5.74) is -0.316.